The van der Waals surface area contributed by atoms with Gasteiger partial charge in [0, 0.05) is 22.7 Å². The second-order valence-electron chi connectivity index (χ2n) is 5.62. The second-order valence-corrected chi connectivity index (χ2v) is 5.62. The van der Waals surface area contributed by atoms with Crippen LogP contribution in [0.2, 0.25) is 0 Å². The minimum absolute atomic E-state index is 0.128. The summed E-state index contributed by atoms with van der Waals surface area (Å²) in [6.45, 7) is 2.02. The van der Waals surface area contributed by atoms with Crippen LogP contribution in [-0.4, -0.2) is 26.0 Å². The number of benzene rings is 1. The van der Waals surface area contributed by atoms with Crippen LogP contribution in [0.25, 0.3) is 21.8 Å². The first-order valence-corrected chi connectivity index (χ1v) is 7.45. The summed E-state index contributed by atoms with van der Waals surface area (Å²) < 4.78 is 0. The van der Waals surface area contributed by atoms with Crippen LogP contribution in [0.1, 0.15) is 16.1 Å². The Hall–Kier alpha value is -3.41. The van der Waals surface area contributed by atoms with Gasteiger partial charge in [-0.15, -0.1) is 0 Å². The van der Waals surface area contributed by atoms with E-state index in [0.29, 0.717) is 11.3 Å². The Morgan fingerprint density at radius 2 is 1.96 bits per heavy atom. The van der Waals surface area contributed by atoms with Crippen LogP contribution in [0.5, 0.6) is 0 Å². The van der Waals surface area contributed by atoms with Crippen molar-refractivity contribution in [1.82, 2.24) is 15.0 Å². The smallest absolute Gasteiger partial charge is 0.352 e. The van der Waals surface area contributed by atoms with E-state index in [1.54, 1.807) is 18.5 Å². The van der Waals surface area contributed by atoms with Crippen LogP contribution in [0, 0.1) is 6.92 Å². The Labute approximate surface area is 137 Å². The van der Waals surface area contributed by atoms with Gasteiger partial charge in [-0.3, -0.25) is 4.98 Å². The molecule has 0 amide bonds. The summed E-state index contributed by atoms with van der Waals surface area (Å²) >= 11 is 0. The standard InChI is InChI=1S/C18H14N4O2/c1-10-2-4-11(5-3-10)20-17-13-8-14(18(23)24)21-16(13)12-6-7-19-9-15(12)22-17/h2-9,21H,1H3,(H,20,22)(H,23,24). The topological polar surface area (TPSA) is 90.9 Å². The third-order valence-corrected chi connectivity index (χ3v) is 3.92. The fraction of sp³-hybridized carbons (Fsp3) is 0.0556. The van der Waals surface area contributed by atoms with Crippen molar-refractivity contribution in [3.05, 3.63) is 60.0 Å². The number of fused-ring (bicyclic) bond motifs is 3. The molecule has 4 aromatic rings. The molecule has 24 heavy (non-hydrogen) atoms. The average molecular weight is 318 g/mol. The van der Waals surface area contributed by atoms with Crippen LogP contribution >= 0.6 is 0 Å². The van der Waals surface area contributed by atoms with Crippen molar-refractivity contribution in [1.29, 1.82) is 0 Å². The van der Waals surface area contributed by atoms with Crippen LogP contribution in [0.4, 0.5) is 11.5 Å². The lowest BCUT2D eigenvalue weighted by molar-refractivity contribution is 0.0691. The van der Waals surface area contributed by atoms with E-state index in [4.69, 9.17) is 0 Å². The minimum atomic E-state index is -1.00. The normalized spacial score (nSPS) is 11.0. The predicted octanol–water partition coefficient (Wildman–Crippen LogP) is 3.86. The van der Waals surface area contributed by atoms with Crippen molar-refractivity contribution >= 4 is 39.3 Å². The first kappa shape index (κ1) is 14.2. The van der Waals surface area contributed by atoms with Gasteiger partial charge in [0.05, 0.1) is 17.2 Å². The number of hydrogen-bond donors (Lipinski definition) is 3. The maximum atomic E-state index is 11.3. The molecule has 1 aromatic carbocycles. The van der Waals surface area contributed by atoms with Gasteiger partial charge in [-0.2, -0.15) is 0 Å². The van der Waals surface area contributed by atoms with E-state index in [1.165, 1.54) is 0 Å². The summed E-state index contributed by atoms with van der Waals surface area (Å²) in [4.78, 5) is 23.0. The Morgan fingerprint density at radius 3 is 2.71 bits per heavy atom. The van der Waals surface area contributed by atoms with Gasteiger partial charge in [-0.25, -0.2) is 9.78 Å². The molecule has 0 saturated heterocycles. The highest BCUT2D eigenvalue weighted by atomic mass is 16.4. The van der Waals surface area contributed by atoms with Crippen LogP contribution in [0.3, 0.4) is 0 Å². The van der Waals surface area contributed by atoms with Gasteiger partial charge in [0.15, 0.2) is 0 Å². The number of aromatic amines is 1. The Kier molecular flexibility index (Phi) is 3.16. The lowest BCUT2D eigenvalue weighted by Crippen LogP contribution is -1.95. The lowest BCUT2D eigenvalue weighted by atomic mass is 10.2. The molecule has 6 heteroatoms. The molecule has 118 valence electrons. The number of nitrogens with one attached hydrogen (secondary N) is 2. The largest absolute Gasteiger partial charge is 0.477 e. The molecule has 0 aliphatic carbocycles. The number of aromatic nitrogens is 3. The van der Waals surface area contributed by atoms with E-state index in [2.05, 4.69) is 20.3 Å². The SMILES string of the molecule is Cc1ccc(Nc2nc3cnccc3c3[nH]c(C(=O)O)cc23)cc1. The maximum Gasteiger partial charge on any atom is 0.352 e. The third kappa shape index (κ3) is 2.34. The van der Waals surface area contributed by atoms with Gasteiger partial charge in [0.25, 0.3) is 0 Å². The summed E-state index contributed by atoms with van der Waals surface area (Å²) in [7, 11) is 0. The molecule has 0 bridgehead atoms. The number of nitrogens with zero attached hydrogens (tertiary/aromatic N) is 2. The maximum absolute atomic E-state index is 11.3. The van der Waals surface area contributed by atoms with Crippen molar-refractivity contribution < 1.29 is 9.90 Å². The molecule has 0 unspecified atom stereocenters. The van der Waals surface area contributed by atoms with Crippen LogP contribution in [0.15, 0.2) is 48.8 Å². The fourth-order valence-electron chi connectivity index (χ4n) is 2.71. The summed E-state index contributed by atoms with van der Waals surface area (Å²) in [5.41, 5.74) is 3.60. The number of aromatic carboxylic acids is 1. The highest BCUT2D eigenvalue weighted by Gasteiger charge is 2.15. The third-order valence-electron chi connectivity index (χ3n) is 3.92. The molecule has 0 spiro atoms. The number of rotatable bonds is 3. The lowest BCUT2D eigenvalue weighted by Gasteiger charge is -2.09. The zero-order chi connectivity index (χ0) is 16.7. The van der Waals surface area contributed by atoms with Crippen molar-refractivity contribution in [2.75, 3.05) is 5.32 Å². The van der Waals surface area contributed by atoms with Gasteiger partial charge >= 0.3 is 5.97 Å². The van der Waals surface area contributed by atoms with Crippen molar-refractivity contribution in [2.24, 2.45) is 0 Å². The second kappa shape index (κ2) is 5.34. The molecule has 3 N–H and O–H groups in total. The molecule has 0 aliphatic rings. The van der Waals surface area contributed by atoms with Gasteiger partial charge in [-0.1, -0.05) is 17.7 Å². The van der Waals surface area contributed by atoms with E-state index >= 15 is 0 Å². The monoisotopic (exact) mass is 318 g/mol. The average Bonchev–Trinajstić information content (AvgIpc) is 3.03. The number of aryl methyl sites for hydroxylation is 1. The van der Waals surface area contributed by atoms with Gasteiger partial charge in [-0.05, 0) is 31.2 Å². The van der Waals surface area contributed by atoms with E-state index in [-0.39, 0.29) is 5.69 Å². The van der Waals surface area contributed by atoms with Crippen molar-refractivity contribution in [3.8, 4) is 0 Å². The van der Waals surface area contributed by atoms with Crippen LogP contribution in [-0.2, 0) is 0 Å². The Balaban J connectivity index is 1.94. The summed E-state index contributed by atoms with van der Waals surface area (Å²) in [5, 5.41) is 14.1. The summed E-state index contributed by atoms with van der Waals surface area (Å²) in [6, 6.07) is 11.3. The molecular formula is C18H14N4O2. The molecule has 0 radical (unpaired) electrons. The Bertz CT molecular complexity index is 1070. The van der Waals surface area contributed by atoms with Gasteiger partial charge in [0.1, 0.15) is 11.5 Å². The molecule has 0 saturated carbocycles. The highest BCUT2D eigenvalue weighted by Crippen LogP contribution is 2.31. The van der Waals surface area contributed by atoms with E-state index in [9.17, 15) is 9.90 Å². The number of carbonyl (C=O) groups is 1. The molecule has 3 heterocycles. The first-order chi connectivity index (χ1) is 11.6. The summed E-state index contributed by atoms with van der Waals surface area (Å²) in [5.74, 6) is -0.409. The predicted molar refractivity (Wildman–Crippen MR) is 92.8 cm³/mol. The molecule has 0 aliphatic heterocycles. The molecule has 6 nitrogen and oxygen atoms in total. The molecule has 3 aromatic heterocycles. The van der Waals surface area contributed by atoms with Crippen molar-refractivity contribution in [2.45, 2.75) is 6.92 Å². The van der Waals surface area contributed by atoms with E-state index < -0.39 is 5.97 Å². The number of hydrogen-bond acceptors (Lipinski definition) is 4. The fourth-order valence-corrected chi connectivity index (χ4v) is 2.71. The molecule has 0 atom stereocenters. The zero-order valence-corrected chi connectivity index (χ0v) is 12.9. The number of H-pyrrole nitrogens is 1. The number of carboxylic acid groups (broad SMARTS) is 1. The number of pyridine rings is 2. The minimum Gasteiger partial charge on any atom is -0.477 e. The van der Waals surface area contributed by atoms with Crippen LogP contribution < -0.4 is 5.32 Å². The molecule has 4 rings (SSSR count). The van der Waals surface area contributed by atoms with Gasteiger partial charge in [0.2, 0.25) is 0 Å². The number of anilines is 2. The molecule has 0 fully saturated rings. The quantitative estimate of drug-likeness (QED) is 0.533. The van der Waals surface area contributed by atoms with E-state index in [0.717, 1.165) is 27.5 Å². The number of carboxylic acids is 1. The summed E-state index contributed by atoms with van der Waals surface area (Å²) in [6.07, 6.45) is 3.33. The molecular weight excluding hydrogens is 304 g/mol. The highest BCUT2D eigenvalue weighted by molar-refractivity contribution is 6.11. The first-order valence-electron chi connectivity index (χ1n) is 7.45. The zero-order valence-electron chi connectivity index (χ0n) is 12.9. The van der Waals surface area contributed by atoms with E-state index in [1.807, 2.05) is 37.3 Å². The van der Waals surface area contributed by atoms with Gasteiger partial charge < -0.3 is 15.4 Å². The van der Waals surface area contributed by atoms with Crippen molar-refractivity contribution in [3.63, 3.8) is 0 Å². The Morgan fingerprint density at radius 1 is 1.17 bits per heavy atom.